The van der Waals surface area contributed by atoms with Gasteiger partial charge in [0.2, 0.25) is 0 Å². The number of Topliss-reactive ketones (excluding diaryl/α,β-unsaturated/α-hetero) is 1. The van der Waals surface area contributed by atoms with E-state index >= 15 is 0 Å². The smallest absolute Gasteiger partial charge is 0.316 e. The molecule has 2 fully saturated rings. The summed E-state index contributed by atoms with van der Waals surface area (Å²) < 4.78 is 4.65. The Morgan fingerprint density at radius 1 is 1.36 bits per heavy atom. The van der Waals surface area contributed by atoms with Crippen LogP contribution in [0.1, 0.15) is 38.5 Å². The standard InChI is InChI=1S/C11H16O3/c1-14-10(13)8-4-7-11(9(8)12)5-2-3-6-11/h8H,2-7H2,1H3. The van der Waals surface area contributed by atoms with Crippen LogP contribution in [-0.2, 0) is 14.3 Å². The van der Waals surface area contributed by atoms with Gasteiger partial charge in [-0.05, 0) is 25.7 Å². The molecule has 3 heteroatoms. The maximum Gasteiger partial charge on any atom is 0.316 e. The van der Waals surface area contributed by atoms with E-state index in [4.69, 9.17) is 0 Å². The molecule has 0 radical (unpaired) electrons. The highest BCUT2D eigenvalue weighted by atomic mass is 16.5. The predicted octanol–water partition coefficient (Wildman–Crippen LogP) is 1.70. The molecule has 0 heterocycles. The first-order valence-electron chi connectivity index (χ1n) is 5.32. The molecule has 0 amide bonds. The average Bonchev–Trinajstić information content (AvgIpc) is 2.78. The quantitative estimate of drug-likeness (QED) is 0.473. The van der Waals surface area contributed by atoms with Crippen LogP contribution in [-0.4, -0.2) is 18.9 Å². The van der Waals surface area contributed by atoms with Crippen molar-refractivity contribution in [3.05, 3.63) is 0 Å². The van der Waals surface area contributed by atoms with Crippen LogP contribution in [0, 0.1) is 11.3 Å². The molecule has 3 nitrogen and oxygen atoms in total. The van der Waals surface area contributed by atoms with Gasteiger partial charge in [-0.1, -0.05) is 12.8 Å². The van der Waals surface area contributed by atoms with E-state index in [1.165, 1.54) is 7.11 Å². The van der Waals surface area contributed by atoms with Crippen molar-refractivity contribution in [3.63, 3.8) is 0 Å². The highest BCUT2D eigenvalue weighted by Crippen LogP contribution is 2.50. The number of rotatable bonds is 1. The van der Waals surface area contributed by atoms with Crippen molar-refractivity contribution in [1.82, 2.24) is 0 Å². The molecule has 0 aromatic carbocycles. The lowest BCUT2D eigenvalue weighted by Crippen LogP contribution is -2.29. The second kappa shape index (κ2) is 3.37. The Morgan fingerprint density at radius 3 is 2.57 bits per heavy atom. The molecule has 0 N–H and O–H groups in total. The number of hydrogen-bond donors (Lipinski definition) is 0. The van der Waals surface area contributed by atoms with Crippen LogP contribution in [0.5, 0.6) is 0 Å². The molecule has 0 aliphatic heterocycles. The zero-order valence-electron chi connectivity index (χ0n) is 8.54. The normalized spacial score (nSPS) is 29.8. The van der Waals surface area contributed by atoms with Gasteiger partial charge >= 0.3 is 5.97 Å². The number of ketones is 1. The Labute approximate surface area is 83.8 Å². The molecule has 1 unspecified atom stereocenters. The van der Waals surface area contributed by atoms with Gasteiger partial charge in [0, 0.05) is 5.41 Å². The number of esters is 1. The SMILES string of the molecule is COC(=O)C1CCC2(CCCC2)C1=O. The van der Waals surface area contributed by atoms with Crippen LogP contribution in [0.4, 0.5) is 0 Å². The number of methoxy groups -OCH3 is 1. The van der Waals surface area contributed by atoms with Gasteiger partial charge in [-0.3, -0.25) is 9.59 Å². The Hall–Kier alpha value is -0.860. The van der Waals surface area contributed by atoms with Crippen molar-refractivity contribution < 1.29 is 14.3 Å². The average molecular weight is 196 g/mol. The molecule has 2 saturated carbocycles. The van der Waals surface area contributed by atoms with Gasteiger partial charge in [0.25, 0.3) is 0 Å². The first-order chi connectivity index (χ1) is 6.69. The van der Waals surface area contributed by atoms with E-state index in [2.05, 4.69) is 4.74 Å². The lowest BCUT2D eigenvalue weighted by Gasteiger charge is -2.20. The molecule has 0 aromatic rings. The van der Waals surface area contributed by atoms with Gasteiger partial charge in [0.15, 0.2) is 5.78 Å². The highest BCUT2D eigenvalue weighted by molar-refractivity contribution is 6.03. The van der Waals surface area contributed by atoms with Gasteiger partial charge in [0.1, 0.15) is 5.92 Å². The molecule has 1 spiro atoms. The number of hydrogen-bond acceptors (Lipinski definition) is 3. The molecule has 0 aromatic heterocycles. The summed E-state index contributed by atoms with van der Waals surface area (Å²) in [7, 11) is 1.36. The molecule has 2 rings (SSSR count). The zero-order valence-corrected chi connectivity index (χ0v) is 8.54. The first-order valence-corrected chi connectivity index (χ1v) is 5.32. The number of carbonyl (C=O) groups is 2. The van der Waals surface area contributed by atoms with Crippen molar-refractivity contribution in [1.29, 1.82) is 0 Å². The van der Waals surface area contributed by atoms with Gasteiger partial charge < -0.3 is 4.74 Å². The van der Waals surface area contributed by atoms with Crippen LogP contribution in [0.3, 0.4) is 0 Å². The minimum absolute atomic E-state index is 0.140. The van der Waals surface area contributed by atoms with Crippen molar-refractivity contribution in [2.24, 2.45) is 11.3 Å². The molecule has 2 aliphatic carbocycles. The fraction of sp³-hybridized carbons (Fsp3) is 0.818. The molecule has 0 saturated heterocycles. The highest BCUT2D eigenvalue weighted by Gasteiger charge is 2.51. The molecular formula is C11H16O3. The van der Waals surface area contributed by atoms with Gasteiger partial charge in [-0.15, -0.1) is 0 Å². The maximum absolute atomic E-state index is 12.0. The minimum Gasteiger partial charge on any atom is -0.468 e. The van der Waals surface area contributed by atoms with Crippen molar-refractivity contribution >= 4 is 11.8 Å². The first kappa shape index (κ1) is 9.69. The Bertz CT molecular complexity index is 264. The van der Waals surface area contributed by atoms with Crippen LogP contribution in [0.15, 0.2) is 0 Å². The molecule has 78 valence electrons. The third-order valence-electron chi connectivity index (χ3n) is 3.80. The Balaban J connectivity index is 2.14. The summed E-state index contributed by atoms with van der Waals surface area (Å²) in [5, 5.41) is 0. The molecule has 1 atom stereocenters. The van der Waals surface area contributed by atoms with Crippen LogP contribution >= 0.6 is 0 Å². The van der Waals surface area contributed by atoms with E-state index in [-0.39, 0.29) is 17.2 Å². The van der Waals surface area contributed by atoms with Gasteiger partial charge in [-0.25, -0.2) is 0 Å². The van der Waals surface area contributed by atoms with Crippen molar-refractivity contribution in [2.75, 3.05) is 7.11 Å². The summed E-state index contributed by atoms with van der Waals surface area (Å²) >= 11 is 0. The van der Waals surface area contributed by atoms with Gasteiger partial charge in [0.05, 0.1) is 7.11 Å². The van der Waals surface area contributed by atoms with E-state index in [9.17, 15) is 9.59 Å². The van der Waals surface area contributed by atoms with E-state index in [1.807, 2.05) is 0 Å². The largest absolute Gasteiger partial charge is 0.468 e. The van der Waals surface area contributed by atoms with E-state index in [1.54, 1.807) is 0 Å². The fourth-order valence-corrected chi connectivity index (χ4v) is 2.96. The summed E-state index contributed by atoms with van der Waals surface area (Å²) in [6.07, 6.45) is 5.84. The van der Waals surface area contributed by atoms with Crippen LogP contribution in [0.2, 0.25) is 0 Å². The lowest BCUT2D eigenvalue weighted by atomic mass is 9.82. The summed E-state index contributed by atoms with van der Waals surface area (Å²) in [5.74, 6) is -0.640. The van der Waals surface area contributed by atoms with Crippen molar-refractivity contribution in [2.45, 2.75) is 38.5 Å². The van der Waals surface area contributed by atoms with E-state index in [0.717, 1.165) is 32.1 Å². The topological polar surface area (TPSA) is 43.4 Å². The molecule has 14 heavy (non-hydrogen) atoms. The summed E-state index contributed by atoms with van der Waals surface area (Å²) in [4.78, 5) is 23.4. The summed E-state index contributed by atoms with van der Waals surface area (Å²) in [6.45, 7) is 0. The molecular weight excluding hydrogens is 180 g/mol. The van der Waals surface area contributed by atoms with Crippen molar-refractivity contribution in [3.8, 4) is 0 Å². The number of ether oxygens (including phenoxy) is 1. The van der Waals surface area contributed by atoms with E-state index < -0.39 is 5.92 Å². The second-order valence-electron chi connectivity index (χ2n) is 4.47. The summed E-state index contributed by atoms with van der Waals surface area (Å²) in [5.41, 5.74) is -0.140. The summed E-state index contributed by atoms with van der Waals surface area (Å²) in [6, 6.07) is 0. The lowest BCUT2D eigenvalue weighted by molar-refractivity contribution is -0.149. The third kappa shape index (κ3) is 1.26. The van der Waals surface area contributed by atoms with Gasteiger partial charge in [-0.2, -0.15) is 0 Å². The second-order valence-corrected chi connectivity index (χ2v) is 4.47. The fourth-order valence-electron chi connectivity index (χ4n) is 2.96. The number of carbonyl (C=O) groups excluding carboxylic acids is 2. The Kier molecular flexibility index (Phi) is 2.33. The molecule has 2 aliphatic rings. The third-order valence-corrected chi connectivity index (χ3v) is 3.80. The monoisotopic (exact) mass is 196 g/mol. The zero-order chi connectivity index (χ0) is 10.2. The van der Waals surface area contributed by atoms with E-state index in [0.29, 0.717) is 6.42 Å². The predicted molar refractivity (Wildman–Crippen MR) is 50.6 cm³/mol. The minimum atomic E-state index is -0.460. The Morgan fingerprint density at radius 2 is 2.00 bits per heavy atom. The van der Waals surface area contributed by atoms with Crippen LogP contribution in [0.25, 0.3) is 0 Å². The van der Waals surface area contributed by atoms with Crippen LogP contribution < -0.4 is 0 Å². The maximum atomic E-state index is 12.0. The molecule has 0 bridgehead atoms.